The van der Waals surface area contributed by atoms with Gasteiger partial charge in [-0.3, -0.25) is 4.79 Å². The van der Waals surface area contributed by atoms with Gasteiger partial charge in [0.05, 0.1) is 12.2 Å². The topological polar surface area (TPSA) is 74.7 Å². The van der Waals surface area contributed by atoms with Gasteiger partial charge in [0.2, 0.25) is 0 Å². The number of carboxylic acid groups (broad SMARTS) is 1. The molecule has 0 atom stereocenters. The van der Waals surface area contributed by atoms with Gasteiger partial charge in [0, 0.05) is 19.3 Å². The zero-order valence-electron chi connectivity index (χ0n) is 8.56. The van der Waals surface area contributed by atoms with Gasteiger partial charge < -0.3 is 10.0 Å². The molecule has 0 aromatic heterocycles. The van der Waals surface area contributed by atoms with Crippen LogP contribution >= 0.6 is 0 Å². The third-order valence-corrected chi connectivity index (χ3v) is 2.79. The van der Waals surface area contributed by atoms with Crippen LogP contribution in [0.15, 0.2) is 0 Å². The van der Waals surface area contributed by atoms with Crippen LogP contribution in [-0.2, 0) is 14.6 Å². The maximum Gasteiger partial charge on any atom is 0.304 e. The number of hydrogen-bond donors (Lipinski definition) is 1. The minimum atomic E-state index is -2.96. The van der Waals surface area contributed by atoms with Crippen molar-refractivity contribution in [3.05, 3.63) is 0 Å². The highest BCUT2D eigenvalue weighted by molar-refractivity contribution is 7.90. The lowest BCUT2D eigenvalue weighted by molar-refractivity contribution is -0.137. The first-order valence-corrected chi connectivity index (χ1v) is 6.53. The van der Waals surface area contributed by atoms with Crippen LogP contribution in [0.5, 0.6) is 0 Å². The smallest absolute Gasteiger partial charge is 0.304 e. The Labute approximate surface area is 84.6 Å². The van der Waals surface area contributed by atoms with E-state index in [0.29, 0.717) is 19.6 Å². The average molecular weight is 223 g/mol. The Balaban J connectivity index is 3.86. The average Bonchev–Trinajstić information content (AvgIpc) is 2.02. The van der Waals surface area contributed by atoms with E-state index in [1.165, 1.54) is 6.26 Å². The molecule has 0 aliphatic rings. The molecule has 14 heavy (non-hydrogen) atoms. The van der Waals surface area contributed by atoms with Gasteiger partial charge in [-0.15, -0.1) is 0 Å². The largest absolute Gasteiger partial charge is 0.481 e. The maximum absolute atomic E-state index is 10.8. The van der Waals surface area contributed by atoms with Gasteiger partial charge in [-0.1, -0.05) is 6.92 Å². The number of aliphatic carboxylic acids is 1. The third-order valence-electron chi connectivity index (χ3n) is 1.87. The van der Waals surface area contributed by atoms with Crippen molar-refractivity contribution in [3.63, 3.8) is 0 Å². The molecule has 0 unspecified atom stereocenters. The Bertz CT molecular complexity index is 273. The third kappa shape index (κ3) is 8.00. The first-order chi connectivity index (χ1) is 6.35. The fourth-order valence-electron chi connectivity index (χ4n) is 0.977. The van der Waals surface area contributed by atoms with Crippen LogP contribution in [0.2, 0.25) is 0 Å². The number of carboxylic acids is 1. The second-order valence-electron chi connectivity index (χ2n) is 3.21. The summed E-state index contributed by atoms with van der Waals surface area (Å²) in [4.78, 5) is 12.1. The van der Waals surface area contributed by atoms with E-state index in [4.69, 9.17) is 5.11 Å². The van der Waals surface area contributed by atoms with Gasteiger partial charge in [-0.2, -0.15) is 0 Å². The number of nitrogens with zero attached hydrogens (tertiary/aromatic N) is 1. The van der Waals surface area contributed by atoms with Gasteiger partial charge in [0.15, 0.2) is 0 Å². The molecule has 0 radical (unpaired) electrons. The minimum Gasteiger partial charge on any atom is -0.481 e. The lowest BCUT2D eigenvalue weighted by Gasteiger charge is -2.18. The zero-order chi connectivity index (χ0) is 11.2. The van der Waals surface area contributed by atoms with E-state index in [0.717, 1.165) is 0 Å². The SMILES string of the molecule is CCN(CCC(=O)O)CCS(C)(=O)=O. The first-order valence-electron chi connectivity index (χ1n) is 4.47. The highest BCUT2D eigenvalue weighted by atomic mass is 32.2. The Morgan fingerprint density at radius 3 is 2.29 bits per heavy atom. The van der Waals surface area contributed by atoms with Gasteiger partial charge in [-0.25, -0.2) is 8.42 Å². The van der Waals surface area contributed by atoms with E-state index in [9.17, 15) is 13.2 Å². The molecule has 0 fully saturated rings. The van der Waals surface area contributed by atoms with Gasteiger partial charge in [-0.05, 0) is 6.54 Å². The van der Waals surface area contributed by atoms with E-state index in [-0.39, 0.29) is 12.2 Å². The second kappa shape index (κ2) is 5.98. The molecule has 0 saturated heterocycles. The van der Waals surface area contributed by atoms with Crippen molar-refractivity contribution in [1.82, 2.24) is 4.90 Å². The molecule has 0 aromatic rings. The number of hydrogen-bond acceptors (Lipinski definition) is 4. The van der Waals surface area contributed by atoms with Crippen molar-refractivity contribution in [3.8, 4) is 0 Å². The van der Waals surface area contributed by atoms with E-state index in [1.54, 1.807) is 0 Å². The van der Waals surface area contributed by atoms with Crippen LogP contribution in [0, 0.1) is 0 Å². The van der Waals surface area contributed by atoms with Crippen molar-refractivity contribution in [2.45, 2.75) is 13.3 Å². The highest BCUT2D eigenvalue weighted by Crippen LogP contribution is 1.93. The highest BCUT2D eigenvalue weighted by Gasteiger charge is 2.08. The Kier molecular flexibility index (Phi) is 5.71. The van der Waals surface area contributed by atoms with E-state index >= 15 is 0 Å². The predicted molar refractivity (Wildman–Crippen MR) is 54.1 cm³/mol. The Morgan fingerprint density at radius 1 is 1.36 bits per heavy atom. The van der Waals surface area contributed by atoms with Crippen molar-refractivity contribution in [2.75, 3.05) is 31.6 Å². The molecule has 0 spiro atoms. The summed E-state index contributed by atoms with van der Waals surface area (Å²) >= 11 is 0. The molecule has 0 amide bonds. The molecule has 0 aliphatic heterocycles. The summed E-state index contributed by atoms with van der Waals surface area (Å²) in [5.41, 5.74) is 0. The fraction of sp³-hybridized carbons (Fsp3) is 0.875. The van der Waals surface area contributed by atoms with Crippen LogP contribution < -0.4 is 0 Å². The van der Waals surface area contributed by atoms with Gasteiger partial charge in [0.1, 0.15) is 9.84 Å². The van der Waals surface area contributed by atoms with Crippen LogP contribution in [0.1, 0.15) is 13.3 Å². The molecule has 1 N–H and O–H groups in total. The summed E-state index contributed by atoms with van der Waals surface area (Å²) in [6.07, 6.45) is 1.23. The fourth-order valence-corrected chi connectivity index (χ4v) is 1.57. The summed E-state index contributed by atoms with van der Waals surface area (Å²) in [5.74, 6) is -0.775. The summed E-state index contributed by atoms with van der Waals surface area (Å²) in [6.45, 7) is 3.36. The molecule has 0 heterocycles. The number of sulfone groups is 1. The summed E-state index contributed by atoms with van der Waals surface area (Å²) in [5, 5.41) is 8.44. The van der Waals surface area contributed by atoms with Crippen LogP contribution in [-0.4, -0.2) is 56.0 Å². The van der Waals surface area contributed by atoms with Crippen LogP contribution in [0.4, 0.5) is 0 Å². The molecule has 0 saturated carbocycles. The number of rotatable bonds is 7. The van der Waals surface area contributed by atoms with E-state index in [2.05, 4.69) is 0 Å². The Morgan fingerprint density at radius 2 is 1.93 bits per heavy atom. The molecular formula is C8H17NO4S. The van der Waals surface area contributed by atoms with Crippen molar-refractivity contribution in [2.24, 2.45) is 0 Å². The molecule has 5 nitrogen and oxygen atoms in total. The number of carbonyl (C=O) groups is 1. The predicted octanol–water partition coefficient (Wildman–Crippen LogP) is -0.172. The van der Waals surface area contributed by atoms with Crippen LogP contribution in [0.3, 0.4) is 0 Å². The first kappa shape index (κ1) is 13.4. The molecule has 0 rings (SSSR count). The zero-order valence-corrected chi connectivity index (χ0v) is 9.38. The molecule has 0 bridgehead atoms. The molecule has 0 aromatic carbocycles. The van der Waals surface area contributed by atoms with E-state index < -0.39 is 15.8 Å². The standard InChI is InChI=1S/C8H17NO4S/c1-3-9(5-4-8(10)11)6-7-14(2,12)13/h3-7H2,1-2H3,(H,10,11). The second-order valence-corrected chi connectivity index (χ2v) is 5.47. The summed E-state index contributed by atoms with van der Waals surface area (Å²) in [7, 11) is -2.96. The maximum atomic E-state index is 10.8. The van der Waals surface area contributed by atoms with E-state index in [1.807, 2.05) is 11.8 Å². The molecule has 6 heteroatoms. The minimum absolute atomic E-state index is 0.0532. The van der Waals surface area contributed by atoms with Crippen molar-refractivity contribution < 1.29 is 18.3 Å². The van der Waals surface area contributed by atoms with Crippen molar-refractivity contribution >= 4 is 15.8 Å². The van der Waals surface area contributed by atoms with Crippen molar-refractivity contribution in [1.29, 1.82) is 0 Å². The molecule has 84 valence electrons. The molecule has 0 aliphatic carbocycles. The lowest BCUT2D eigenvalue weighted by Crippen LogP contribution is -2.31. The monoisotopic (exact) mass is 223 g/mol. The van der Waals surface area contributed by atoms with Gasteiger partial charge in [0.25, 0.3) is 0 Å². The van der Waals surface area contributed by atoms with Crippen LogP contribution in [0.25, 0.3) is 0 Å². The quantitative estimate of drug-likeness (QED) is 0.648. The van der Waals surface area contributed by atoms with Gasteiger partial charge >= 0.3 is 5.97 Å². The Hall–Kier alpha value is -0.620. The molecular weight excluding hydrogens is 206 g/mol. The lowest BCUT2D eigenvalue weighted by atomic mass is 10.4. The summed E-state index contributed by atoms with van der Waals surface area (Å²) in [6, 6.07) is 0. The normalized spacial score (nSPS) is 11.9. The summed E-state index contributed by atoms with van der Waals surface area (Å²) < 4.78 is 21.7.